The van der Waals surface area contributed by atoms with E-state index in [0.29, 0.717) is 0 Å². The first kappa shape index (κ1) is 34.4. The molecule has 0 saturated heterocycles. The van der Waals surface area contributed by atoms with Crippen molar-refractivity contribution in [3.8, 4) is 33.6 Å². The molecule has 60 heavy (non-hydrogen) atoms. The van der Waals surface area contributed by atoms with Crippen LogP contribution < -0.4 is 4.90 Å². The highest BCUT2D eigenvalue weighted by molar-refractivity contribution is 7.26. The average molecular weight is 784 g/mol. The summed E-state index contributed by atoms with van der Waals surface area (Å²) in [5, 5.41) is 6.32. The van der Waals surface area contributed by atoms with E-state index in [1.165, 1.54) is 75.1 Å². The summed E-state index contributed by atoms with van der Waals surface area (Å²) >= 11 is 1.87. The summed E-state index contributed by atoms with van der Waals surface area (Å²) < 4.78 is 7.41. The van der Waals surface area contributed by atoms with Crippen LogP contribution >= 0.6 is 11.3 Å². The summed E-state index contributed by atoms with van der Waals surface area (Å²) in [4.78, 5) is 2.36. The number of thiophene rings is 1. The zero-order valence-corrected chi connectivity index (χ0v) is 33.4. The van der Waals surface area contributed by atoms with E-state index < -0.39 is 0 Å². The minimum absolute atomic E-state index is 1.09. The standard InChI is InChI=1S/C56H37N3S/c1-4-12-38(13-5-1)40-20-24-44(25-21-40)58(45-26-22-41(23-27-45)39-14-6-2-7-15-39)46-28-30-47(31-29-46)59-52-36-42-34-35-57(43-16-8-3-9-17-43)51(42)37-50(52)48-32-33-54-55(56(48)59)49-18-10-11-19-53(49)60-54/h1-37H. The third kappa shape index (κ3) is 5.65. The fourth-order valence-electron chi connectivity index (χ4n) is 9.09. The number of anilines is 3. The van der Waals surface area contributed by atoms with Crippen molar-refractivity contribution in [1.82, 2.24) is 9.13 Å². The van der Waals surface area contributed by atoms with Gasteiger partial charge >= 0.3 is 0 Å². The minimum Gasteiger partial charge on any atom is -0.317 e. The van der Waals surface area contributed by atoms with Gasteiger partial charge in [-0.25, -0.2) is 0 Å². The molecule has 9 aromatic carbocycles. The molecule has 0 aliphatic heterocycles. The first-order valence-corrected chi connectivity index (χ1v) is 21.2. The predicted octanol–water partition coefficient (Wildman–Crippen LogP) is 15.9. The highest BCUT2D eigenvalue weighted by Crippen LogP contribution is 2.45. The van der Waals surface area contributed by atoms with Crippen LogP contribution in [0.25, 0.3) is 86.5 Å². The lowest BCUT2D eigenvalue weighted by Gasteiger charge is -2.26. The minimum atomic E-state index is 1.09. The van der Waals surface area contributed by atoms with Gasteiger partial charge in [0.05, 0.1) is 16.6 Å². The molecule has 0 unspecified atom stereocenters. The van der Waals surface area contributed by atoms with Gasteiger partial charge < -0.3 is 14.0 Å². The van der Waals surface area contributed by atoms with Gasteiger partial charge in [-0.2, -0.15) is 0 Å². The topological polar surface area (TPSA) is 13.1 Å². The van der Waals surface area contributed by atoms with E-state index in [2.05, 4.69) is 239 Å². The molecule has 4 heteroatoms. The van der Waals surface area contributed by atoms with Gasteiger partial charge in [-0.1, -0.05) is 127 Å². The SMILES string of the molecule is c1ccc(-c2ccc(N(c3ccc(-c4ccccc4)cc3)c3ccc(-n4c5cc6ccn(-c7ccccc7)c6cc5c5ccc6sc7ccccc7c6c54)cc3)cc2)cc1. The van der Waals surface area contributed by atoms with Gasteiger partial charge in [0.15, 0.2) is 0 Å². The lowest BCUT2D eigenvalue weighted by molar-refractivity contribution is 1.13. The Hall–Kier alpha value is -7.66. The smallest absolute Gasteiger partial charge is 0.0634 e. The van der Waals surface area contributed by atoms with Crippen LogP contribution in [0.2, 0.25) is 0 Å². The molecule has 12 aromatic rings. The van der Waals surface area contributed by atoms with E-state index in [9.17, 15) is 0 Å². The van der Waals surface area contributed by atoms with Crippen LogP contribution in [0.3, 0.4) is 0 Å². The molecule has 0 spiro atoms. The Morgan fingerprint density at radius 1 is 0.367 bits per heavy atom. The Bertz CT molecular complexity index is 3410. The van der Waals surface area contributed by atoms with Gasteiger partial charge in [-0.15, -0.1) is 11.3 Å². The Morgan fingerprint density at radius 2 is 0.917 bits per heavy atom. The van der Waals surface area contributed by atoms with Crippen LogP contribution in [0, 0.1) is 0 Å². The first-order valence-electron chi connectivity index (χ1n) is 20.4. The molecular formula is C56H37N3S. The number of fused-ring (bicyclic) bond motifs is 8. The van der Waals surface area contributed by atoms with E-state index in [-0.39, 0.29) is 0 Å². The molecule has 0 N–H and O–H groups in total. The highest BCUT2D eigenvalue weighted by atomic mass is 32.1. The summed E-state index contributed by atoms with van der Waals surface area (Å²) in [6.07, 6.45) is 2.19. The number of rotatable bonds is 7. The Labute approximate surface area is 351 Å². The normalized spacial score (nSPS) is 11.7. The molecule has 0 aliphatic carbocycles. The van der Waals surface area contributed by atoms with Gasteiger partial charge in [-0.3, -0.25) is 0 Å². The number of aromatic nitrogens is 2. The maximum absolute atomic E-state index is 2.50. The van der Waals surface area contributed by atoms with Crippen molar-refractivity contribution in [2.75, 3.05) is 4.90 Å². The highest BCUT2D eigenvalue weighted by Gasteiger charge is 2.21. The Kier molecular flexibility index (Phi) is 8.03. The second-order valence-corrected chi connectivity index (χ2v) is 16.5. The molecule has 0 atom stereocenters. The first-order chi connectivity index (χ1) is 29.7. The van der Waals surface area contributed by atoms with E-state index >= 15 is 0 Å². The fourth-order valence-corrected chi connectivity index (χ4v) is 10.2. The quantitative estimate of drug-likeness (QED) is 0.157. The van der Waals surface area contributed by atoms with Crippen LogP contribution in [0.5, 0.6) is 0 Å². The molecule has 0 bridgehead atoms. The third-order valence-electron chi connectivity index (χ3n) is 11.9. The molecular weight excluding hydrogens is 747 g/mol. The van der Waals surface area contributed by atoms with Gasteiger partial charge in [0.25, 0.3) is 0 Å². The van der Waals surface area contributed by atoms with Gasteiger partial charge in [0.2, 0.25) is 0 Å². The summed E-state index contributed by atoms with van der Waals surface area (Å²) in [7, 11) is 0. The number of hydrogen-bond acceptors (Lipinski definition) is 2. The lowest BCUT2D eigenvalue weighted by Crippen LogP contribution is -2.10. The number of benzene rings is 9. The van der Waals surface area contributed by atoms with Crippen LogP contribution in [-0.2, 0) is 0 Å². The number of hydrogen-bond donors (Lipinski definition) is 0. The van der Waals surface area contributed by atoms with Gasteiger partial charge in [-0.05, 0) is 113 Å². The van der Waals surface area contributed by atoms with Crippen molar-refractivity contribution in [3.63, 3.8) is 0 Å². The number of nitrogens with zero attached hydrogens (tertiary/aromatic N) is 3. The molecule has 0 aliphatic rings. The molecule has 0 fully saturated rings. The summed E-state index contributed by atoms with van der Waals surface area (Å²) in [6.45, 7) is 0. The van der Waals surface area contributed by atoms with Crippen molar-refractivity contribution < 1.29 is 0 Å². The lowest BCUT2D eigenvalue weighted by atomic mass is 10.0. The van der Waals surface area contributed by atoms with E-state index in [1.807, 2.05) is 11.3 Å². The molecule has 282 valence electrons. The molecule has 3 nitrogen and oxygen atoms in total. The van der Waals surface area contributed by atoms with Crippen molar-refractivity contribution in [2.45, 2.75) is 0 Å². The third-order valence-corrected chi connectivity index (χ3v) is 13.1. The second kappa shape index (κ2) is 14.0. The van der Waals surface area contributed by atoms with Crippen LogP contribution in [-0.4, -0.2) is 9.13 Å². The Morgan fingerprint density at radius 3 is 1.55 bits per heavy atom. The van der Waals surface area contributed by atoms with Crippen LogP contribution in [0.15, 0.2) is 225 Å². The number of para-hydroxylation sites is 1. The molecule has 3 heterocycles. The monoisotopic (exact) mass is 783 g/mol. The van der Waals surface area contributed by atoms with Gasteiger partial charge in [0.1, 0.15) is 0 Å². The summed E-state index contributed by atoms with van der Waals surface area (Å²) in [5.41, 5.74) is 14.0. The maximum atomic E-state index is 2.50. The zero-order valence-electron chi connectivity index (χ0n) is 32.6. The summed E-state index contributed by atoms with van der Waals surface area (Å²) in [5.74, 6) is 0. The van der Waals surface area contributed by atoms with Crippen molar-refractivity contribution in [3.05, 3.63) is 225 Å². The Balaban J connectivity index is 1.04. The molecule has 0 amide bonds. The fraction of sp³-hybridized carbons (Fsp3) is 0. The van der Waals surface area contributed by atoms with E-state index in [1.54, 1.807) is 0 Å². The predicted molar refractivity (Wildman–Crippen MR) is 256 cm³/mol. The molecule has 12 rings (SSSR count). The van der Waals surface area contributed by atoms with E-state index in [4.69, 9.17) is 0 Å². The van der Waals surface area contributed by atoms with Gasteiger partial charge in [0, 0.05) is 71.0 Å². The van der Waals surface area contributed by atoms with Crippen molar-refractivity contribution in [2.24, 2.45) is 0 Å². The maximum Gasteiger partial charge on any atom is 0.0634 e. The average Bonchev–Trinajstić information content (AvgIpc) is 4.01. The van der Waals surface area contributed by atoms with E-state index in [0.717, 1.165) is 28.4 Å². The van der Waals surface area contributed by atoms with Crippen molar-refractivity contribution in [1.29, 1.82) is 0 Å². The molecule has 0 radical (unpaired) electrons. The van der Waals surface area contributed by atoms with Crippen molar-refractivity contribution >= 4 is 81.3 Å². The summed E-state index contributed by atoms with van der Waals surface area (Å²) in [6, 6.07) is 79.3. The van der Waals surface area contributed by atoms with Crippen LogP contribution in [0.1, 0.15) is 0 Å². The zero-order chi connectivity index (χ0) is 39.6. The molecule has 3 aromatic heterocycles. The van der Waals surface area contributed by atoms with Crippen LogP contribution in [0.4, 0.5) is 17.1 Å². The largest absolute Gasteiger partial charge is 0.317 e. The molecule has 0 saturated carbocycles. The second-order valence-electron chi connectivity index (χ2n) is 15.4.